The first-order chi connectivity index (χ1) is 15.8. The molecule has 1 aliphatic heterocycles. The first kappa shape index (κ1) is 21.5. The van der Waals surface area contributed by atoms with Gasteiger partial charge in [-0.25, -0.2) is 8.42 Å². The van der Waals surface area contributed by atoms with Gasteiger partial charge in [-0.3, -0.25) is 9.10 Å². The number of hydrogen-bond acceptors (Lipinski definition) is 4. The Labute approximate surface area is 197 Å². The number of benzene rings is 3. The lowest BCUT2D eigenvalue weighted by Gasteiger charge is -2.19. The van der Waals surface area contributed by atoms with E-state index in [4.69, 9.17) is 11.6 Å². The van der Waals surface area contributed by atoms with Gasteiger partial charge in [-0.15, -0.1) is 0 Å². The molecule has 1 fully saturated rings. The Bertz CT molecular complexity index is 1390. The normalized spacial score (nSPS) is 16.1. The highest BCUT2D eigenvalue weighted by molar-refractivity contribution is 7.92. The van der Waals surface area contributed by atoms with Gasteiger partial charge in [0.05, 0.1) is 22.1 Å². The minimum Gasteiger partial charge on any atom is -0.322 e. The van der Waals surface area contributed by atoms with E-state index in [0.717, 1.165) is 24.0 Å². The van der Waals surface area contributed by atoms with E-state index in [9.17, 15) is 18.5 Å². The van der Waals surface area contributed by atoms with Crippen molar-refractivity contribution in [3.8, 4) is 6.07 Å². The molecule has 1 amide bonds. The molecule has 6 nitrogen and oxygen atoms in total. The SMILES string of the molecule is N#CC1(c2ccc(NC(=O)c3ccc4c(c3)CCN4S(=O)(=O)c3ccc(Cl)cc3)cc2)CC1. The average molecular weight is 478 g/mol. The topological polar surface area (TPSA) is 90.3 Å². The Morgan fingerprint density at radius 1 is 1.03 bits per heavy atom. The van der Waals surface area contributed by atoms with E-state index >= 15 is 0 Å². The van der Waals surface area contributed by atoms with Gasteiger partial charge in [-0.05, 0) is 85.0 Å². The van der Waals surface area contributed by atoms with E-state index in [2.05, 4.69) is 11.4 Å². The van der Waals surface area contributed by atoms with E-state index in [1.54, 1.807) is 42.5 Å². The van der Waals surface area contributed by atoms with E-state index < -0.39 is 10.0 Å². The largest absolute Gasteiger partial charge is 0.322 e. The van der Waals surface area contributed by atoms with Crippen molar-refractivity contribution in [3.63, 3.8) is 0 Å². The molecule has 166 valence electrons. The molecule has 0 saturated heterocycles. The van der Waals surface area contributed by atoms with Crippen LogP contribution in [0, 0.1) is 11.3 Å². The Morgan fingerprint density at radius 3 is 2.36 bits per heavy atom. The number of carbonyl (C=O) groups is 1. The molecular weight excluding hydrogens is 458 g/mol. The third kappa shape index (κ3) is 3.86. The second-order valence-electron chi connectivity index (χ2n) is 8.35. The lowest BCUT2D eigenvalue weighted by atomic mass is 9.97. The molecule has 3 aromatic rings. The molecule has 3 aromatic carbocycles. The number of carbonyl (C=O) groups excluding carboxylic acids is 1. The molecule has 1 heterocycles. The lowest BCUT2D eigenvalue weighted by molar-refractivity contribution is 0.102. The van der Waals surface area contributed by atoms with Crippen LogP contribution in [0.1, 0.15) is 34.3 Å². The Morgan fingerprint density at radius 2 is 1.73 bits per heavy atom. The number of sulfonamides is 1. The molecule has 0 radical (unpaired) electrons. The van der Waals surface area contributed by atoms with Gasteiger partial charge in [0.1, 0.15) is 0 Å². The van der Waals surface area contributed by atoms with Crippen LogP contribution in [0.4, 0.5) is 11.4 Å². The first-order valence-corrected chi connectivity index (χ1v) is 12.4. The summed E-state index contributed by atoms with van der Waals surface area (Å²) in [6.45, 7) is 0.313. The van der Waals surface area contributed by atoms with E-state index in [1.807, 2.05) is 12.1 Å². The predicted molar refractivity (Wildman–Crippen MR) is 127 cm³/mol. The number of fused-ring (bicyclic) bond motifs is 1. The maximum atomic E-state index is 13.1. The van der Waals surface area contributed by atoms with Gasteiger partial charge in [0.2, 0.25) is 0 Å². The highest BCUT2D eigenvalue weighted by Crippen LogP contribution is 2.47. The van der Waals surface area contributed by atoms with Crippen molar-refractivity contribution in [1.82, 2.24) is 0 Å². The number of anilines is 2. The highest BCUT2D eigenvalue weighted by atomic mass is 35.5. The lowest BCUT2D eigenvalue weighted by Crippen LogP contribution is -2.29. The maximum Gasteiger partial charge on any atom is 0.264 e. The number of nitrogens with zero attached hydrogens (tertiary/aromatic N) is 2. The Kier molecular flexibility index (Phi) is 5.15. The third-order valence-electron chi connectivity index (χ3n) is 6.26. The monoisotopic (exact) mass is 477 g/mol. The van der Waals surface area contributed by atoms with Crippen LogP contribution in [0.2, 0.25) is 5.02 Å². The molecule has 0 unspecified atom stereocenters. The van der Waals surface area contributed by atoms with Gasteiger partial charge in [0.25, 0.3) is 15.9 Å². The molecule has 8 heteroatoms. The van der Waals surface area contributed by atoms with Crippen molar-refractivity contribution in [2.24, 2.45) is 0 Å². The Hall–Kier alpha value is -3.34. The number of halogens is 1. The summed E-state index contributed by atoms with van der Waals surface area (Å²) in [5, 5.41) is 12.7. The van der Waals surface area contributed by atoms with Gasteiger partial charge >= 0.3 is 0 Å². The van der Waals surface area contributed by atoms with Crippen LogP contribution in [0.5, 0.6) is 0 Å². The third-order valence-corrected chi connectivity index (χ3v) is 8.34. The summed E-state index contributed by atoms with van der Waals surface area (Å²) in [4.78, 5) is 13.0. The second kappa shape index (κ2) is 7.91. The number of rotatable bonds is 5. The highest BCUT2D eigenvalue weighted by Gasteiger charge is 2.44. The van der Waals surface area contributed by atoms with Crippen LogP contribution in [0.25, 0.3) is 0 Å². The number of nitriles is 1. The molecule has 1 saturated carbocycles. The summed E-state index contributed by atoms with van der Waals surface area (Å²) in [6, 6.07) is 20.9. The standard InChI is InChI=1S/C25H20ClN3O3S/c26-20-4-8-22(9-5-20)33(31,32)29-14-11-17-15-18(1-10-23(17)29)24(30)28-21-6-2-19(3-7-21)25(16-27)12-13-25/h1-10,15H,11-14H2,(H,28,30). The fraction of sp³-hybridized carbons (Fsp3) is 0.200. The minimum absolute atomic E-state index is 0.175. The van der Waals surface area contributed by atoms with Gasteiger partial charge in [0, 0.05) is 22.8 Å². The van der Waals surface area contributed by atoms with Crippen LogP contribution in [0.3, 0.4) is 0 Å². The van der Waals surface area contributed by atoms with Crippen LogP contribution in [-0.2, 0) is 21.9 Å². The van der Waals surface area contributed by atoms with Gasteiger partial charge in [-0.1, -0.05) is 23.7 Å². The Balaban J connectivity index is 1.33. The molecule has 1 N–H and O–H groups in total. The van der Waals surface area contributed by atoms with Crippen LogP contribution < -0.4 is 9.62 Å². The number of hydrogen-bond donors (Lipinski definition) is 1. The zero-order valence-corrected chi connectivity index (χ0v) is 19.2. The van der Waals surface area contributed by atoms with Crippen LogP contribution >= 0.6 is 11.6 Å². The maximum absolute atomic E-state index is 13.1. The van der Waals surface area contributed by atoms with Gasteiger partial charge < -0.3 is 5.32 Å². The van der Waals surface area contributed by atoms with E-state index in [-0.39, 0.29) is 16.2 Å². The average Bonchev–Trinajstić information content (AvgIpc) is 3.50. The fourth-order valence-corrected chi connectivity index (χ4v) is 5.79. The summed E-state index contributed by atoms with van der Waals surface area (Å²) < 4.78 is 27.5. The second-order valence-corrected chi connectivity index (χ2v) is 10.6. The van der Waals surface area contributed by atoms with Crippen molar-refractivity contribution in [2.45, 2.75) is 29.6 Å². The van der Waals surface area contributed by atoms with Crippen molar-refractivity contribution in [2.75, 3.05) is 16.2 Å². The summed E-state index contributed by atoms with van der Waals surface area (Å²) in [7, 11) is -3.71. The summed E-state index contributed by atoms with van der Waals surface area (Å²) in [5.41, 5.74) is 3.10. The van der Waals surface area contributed by atoms with Crippen molar-refractivity contribution in [3.05, 3.63) is 88.4 Å². The van der Waals surface area contributed by atoms with Crippen molar-refractivity contribution < 1.29 is 13.2 Å². The summed E-state index contributed by atoms with van der Waals surface area (Å²) in [6.07, 6.45) is 2.26. The van der Waals surface area contributed by atoms with Crippen LogP contribution in [-0.4, -0.2) is 20.9 Å². The zero-order chi connectivity index (χ0) is 23.2. The van der Waals surface area contributed by atoms with E-state index in [0.29, 0.717) is 34.9 Å². The molecule has 0 atom stereocenters. The molecule has 5 rings (SSSR count). The molecule has 0 bridgehead atoms. The van der Waals surface area contributed by atoms with Gasteiger partial charge in [0.15, 0.2) is 0 Å². The summed E-state index contributed by atoms with van der Waals surface area (Å²) in [5.74, 6) is -0.272. The fourth-order valence-electron chi connectivity index (χ4n) is 4.16. The first-order valence-electron chi connectivity index (χ1n) is 10.6. The number of amides is 1. The van der Waals surface area contributed by atoms with Crippen molar-refractivity contribution in [1.29, 1.82) is 5.26 Å². The molecule has 33 heavy (non-hydrogen) atoms. The molecule has 1 aliphatic carbocycles. The molecule has 2 aliphatic rings. The smallest absolute Gasteiger partial charge is 0.264 e. The molecule has 0 spiro atoms. The number of nitrogens with one attached hydrogen (secondary N) is 1. The summed E-state index contributed by atoms with van der Waals surface area (Å²) >= 11 is 5.89. The quantitative estimate of drug-likeness (QED) is 0.566. The van der Waals surface area contributed by atoms with Crippen LogP contribution in [0.15, 0.2) is 71.6 Å². The predicted octanol–water partition coefficient (Wildman–Crippen LogP) is 4.90. The van der Waals surface area contributed by atoms with Gasteiger partial charge in [-0.2, -0.15) is 5.26 Å². The minimum atomic E-state index is -3.71. The zero-order valence-electron chi connectivity index (χ0n) is 17.6. The molecule has 0 aromatic heterocycles. The van der Waals surface area contributed by atoms with Crippen molar-refractivity contribution >= 4 is 38.9 Å². The molecular formula is C25H20ClN3O3S. The van der Waals surface area contributed by atoms with E-state index in [1.165, 1.54) is 16.4 Å².